The molecule has 0 aromatic heterocycles. The van der Waals surface area contributed by atoms with E-state index in [4.69, 9.17) is 10.5 Å². The number of nitrogen functional groups attached to an aromatic ring is 1. The fraction of sp³-hybridized carbons (Fsp3) is 0.188. The topological polar surface area (TPSA) is 59.0 Å². The lowest BCUT2D eigenvalue weighted by molar-refractivity contribution is 0.411. The fourth-order valence-corrected chi connectivity index (χ4v) is 2.18. The molecule has 1 atom stereocenters. The van der Waals surface area contributed by atoms with Crippen molar-refractivity contribution in [1.29, 1.82) is 5.26 Å². The lowest BCUT2D eigenvalue weighted by Gasteiger charge is -2.14. The van der Waals surface area contributed by atoms with Crippen LogP contribution in [0.1, 0.15) is 22.6 Å². The number of benzene rings is 2. The van der Waals surface area contributed by atoms with Gasteiger partial charge in [-0.3, -0.25) is 0 Å². The van der Waals surface area contributed by atoms with Crippen LogP contribution in [0.5, 0.6) is 5.75 Å². The largest absolute Gasteiger partial charge is 0.496 e. The molecular formula is C16H16N2O. The summed E-state index contributed by atoms with van der Waals surface area (Å²) in [5.74, 6) is 0.465. The maximum atomic E-state index is 9.44. The summed E-state index contributed by atoms with van der Waals surface area (Å²) in [6.07, 6.45) is 0. The Bertz CT molecular complexity index is 629. The highest BCUT2D eigenvalue weighted by atomic mass is 16.5. The second kappa shape index (κ2) is 5.45. The van der Waals surface area contributed by atoms with Crippen LogP contribution in [-0.2, 0) is 0 Å². The first kappa shape index (κ1) is 13.0. The first-order valence-corrected chi connectivity index (χ1v) is 6.06. The van der Waals surface area contributed by atoms with Gasteiger partial charge in [-0.1, -0.05) is 30.3 Å². The van der Waals surface area contributed by atoms with E-state index in [0.717, 1.165) is 22.4 Å². The Kier molecular flexibility index (Phi) is 3.72. The average Bonchev–Trinajstić information content (AvgIpc) is 2.42. The number of rotatable bonds is 3. The molecular weight excluding hydrogens is 236 g/mol. The molecule has 2 rings (SSSR count). The van der Waals surface area contributed by atoms with Gasteiger partial charge in [-0.25, -0.2) is 0 Å². The number of hydrogen-bond donors (Lipinski definition) is 1. The quantitative estimate of drug-likeness (QED) is 0.853. The minimum absolute atomic E-state index is 0.356. The van der Waals surface area contributed by atoms with Gasteiger partial charge in [0, 0.05) is 5.69 Å². The summed E-state index contributed by atoms with van der Waals surface area (Å²) >= 11 is 0. The van der Waals surface area contributed by atoms with Crippen molar-refractivity contribution in [3.05, 3.63) is 59.2 Å². The van der Waals surface area contributed by atoms with Crippen LogP contribution in [-0.4, -0.2) is 7.11 Å². The van der Waals surface area contributed by atoms with Gasteiger partial charge in [-0.2, -0.15) is 5.26 Å². The molecule has 3 nitrogen and oxygen atoms in total. The van der Waals surface area contributed by atoms with Gasteiger partial charge in [0.15, 0.2) is 0 Å². The van der Waals surface area contributed by atoms with Crippen LogP contribution in [0.25, 0.3) is 0 Å². The van der Waals surface area contributed by atoms with Crippen molar-refractivity contribution in [3.63, 3.8) is 0 Å². The smallest absolute Gasteiger partial charge is 0.121 e. The second-order valence-corrected chi connectivity index (χ2v) is 4.42. The van der Waals surface area contributed by atoms with Crippen molar-refractivity contribution >= 4 is 5.69 Å². The van der Waals surface area contributed by atoms with E-state index in [1.165, 1.54) is 0 Å². The number of aryl methyl sites for hydroxylation is 1. The van der Waals surface area contributed by atoms with Crippen LogP contribution in [0.3, 0.4) is 0 Å². The van der Waals surface area contributed by atoms with Crippen LogP contribution >= 0.6 is 0 Å². The minimum atomic E-state index is -0.356. The Labute approximate surface area is 113 Å². The molecule has 0 aliphatic heterocycles. The molecule has 2 aromatic rings. The van der Waals surface area contributed by atoms with Crippen molar-refractivity contribution in [2.24, 2.45) is 0 Å². The molecule has 0 spiro atoms. The monoisotopic (exact) mass is 252 g/mol. The zero-order valence-electron chi connectivity index (χ0n) is 11.1. The molecule has 0 saturated heterocycles. The van der Waals surface area contributed by atoms with Crippen LogP contribution in [0.4, 0.5) is 5.69 Å². The first-order valence-electron chi connectivity index (χ1n) is 6.06. The van der Waals surface area contributed by atoms with Crippen molar-refractivity contribution in [2.45, 2.75) is 12.8 Å². The molecule has 0 amide bonds. The van der Waals surface area contributed by atoms with Crippen LogP contribution in [0.2, 0.25) is 0 Å². The Morgan fingerprint density at radius 3 is 2.53 bits per heavy atom. The predicted molar refractivity (Wildman–Crippen MR) is 76.0 cm³/mol. The molecule has 0 bridgehead atoms. The van der Waals surface area contributed by atoms with Crippen molar-refractivity contribution < 1.29 is 4.74 Å². The zero-order chi connectivity index (χ0) is 13.8. The van der Waals surface area contributed by atoms with Gasteiger partial charge in [0.1, 0.15) is 5.75 Å². The average molecular weight is 252 g/mol. The Morgan fingerprint density at radius 1 is 1.21 bits per heavy atom. The molecule has 0 fully saturated rings. The van der Waals surface area contributed by atoms with Crippen molar-refractivity contribution in [1.82, 2.24) is 0 Å². The fourth-order valence-electron chi connectivity index (χ4n) is 2.18. The summed E-state index contributed by atoms with van der Waals surface area (Å²) in [6, 6.07) is 15.6. The zero-order valence-corrected chi connectivity index (χ0v) is 11.1. The number of methoxy groups -OCH3 is 1. The summed E-state index contributed by atoms with van der Waals surface area (Å²) in [6.45, 7) is 1.96. The van der Waals surface area contributed by atoms with Gasteiger partial charge in [-0.15, -0.1) is 0 Å². The number of nitrogens with zero attached hydrogens (tertiary/aromatic N) is 1. The van der Waals surface area contributed by atoms with E-state index in [2.05, 4.69) is 6.07 Å². The summed E-state index contributed by atoms with van der Waals surface area (Å²) in [5.41, 5.74) is 9.37. The molecule has 2 aromatic carbocycles. The predicted octanol–water partition coefficient (Wildman–Crippen LogP) is 3.24. The summed E-state index contributed by atoms with van der Waals surface area (Å²) < 4.78 is 5.24. The Hall–Kier alpha value is -2.47. The van der Waals surface area contributed by atoms with E-state index in [-0.39, 0.29) is 5.92 Å². The highest BCUT2D eigenvalue weighted by molar-refractivity contribution is 5.55. The molecule has 0 heterocycles. The number of ether oxygens (including phenoxy) is 1. The van der Waals surface area contributed by atoms with E-state index in [1.54, 1.807) is 7.11 Å². The molecule has 96 valence electrons. The molecule has 0 radical (unpaired) electrons. The van der Waals surface area contributed by atoms with Gasteiger partial charge in [0.05, 0.1) is 19.1 Å². The first-order chi connectivity index (χ1) is 9.17. The van der Waals surface area contributed by atoms with E-state index < -0.39 is 0 Å². The highest BCUT2D eigenvalue weighted by Crippen LogP contribution is 2.30. The second-order valence-electron chi connectivity index (χ2n) is 4.42. The van der Waals surface area contributed by atoms with E-state index in [0.29, 0.717) is 5.69 Å². The summed E-state index contributed by atoms with van der Waals surface area (Å²) in [7, 11) is 1.64. The van der Waals surface area contributed by atoms with E-state index in [1.807, 2.05) is 49.4 Å². The van der Waals surface area contributed by atoms with Gasteiger partial charge in [-0.05, 0) is 35.7 Å². The molecule has 0 aliphatic rings. The van der Waals surface area contributed by atoms with Crippen LogP contribution in [0.15, 0.2) is 42.5 Å². The summed E-state index contributed by atoms with van der Waals surface area (Å²) in [4.78, 5) is 0. The molecule has 2 N–H and O–H groups in total. The molecule has 1 unspecified atom stereocenters. The van der Waals surface area contributed by atoms with Crippen molar-refractivity contribution in [2.75, 3.05) is 12.8 Å². The lowest BCUT2D eigenvalue weighted by atomic mass is 9.90. The number of para-hydroxylation sites is 1. The standard InChI is InChI=1S/C16H16N2O/c1-11-9-12(7-8-16(11)19-2)14(10-17)13-5-3-4-6-15(13)18/h3-9,14H,18H2,1-2H3. The SMILES string of the molecule is COc1ccc(C(C#N)c2ccccc2N)cc1C. The molecule has 0 saturated carbocycles. The number of anilines is 1. The van der Waals surface area contributed by atoms with Gasteiger partial charge in [0.25, 0.3) is 0 Å². The lowest BCUT2D eigenvalue weighted by Crippen LogP contribution is -2.03. The number of nitrogens with two attached hydrogens (primary N) is 1. The summed E-state index contributed by atoms with van der Waals surface area (Å²) in [5, 5.41) is 9.44. The van der Waals surface area contributed by atoms with Crippen LogP contribution < -0.4 is 10.5 Å². The van der Waals surface area contributed by atoms with E-state index in [9.17, 15) is 5.26 Å². The molecule has 0 aliphatic carbocycles. The molecule has 19 heavy (non-hydrogen) atoms. The third-order valence-electron chi connectivity index (χ3n) is 3.19. The Morgan fingerprint density at radius 2 is 1.95 bits per heavy atom. The highest BCUT2D eigenvalue weighted by Gasteiger charge is 2.16. The minimum Gasteiger partial charge on any atom is -0.496 e. The van der Waals surface area contributed by atoms with Crippen molar-refractivity contribution in [3.8, 4) is 11.8 Å². The maximum absolute atomic E-state index is 9.44. The number of nitriles is 1. The normalized spacial score (nSPS) is 11.6. The van der Waals surface area contributed by atoms with Gasteiger partial charge in [0.2, 0.25) is 0 Å². The number of hydrogen-bond acceptors (Lipinski definition) is 3. The third-order valence-corrected chi connectivity index (χ3v) is 3.19. The third kappa shape index (κ3) is 2.53. The van der Waals surface area contributed by atoms with Crippen LogP contribution in [0, 0.1) is 18.3 Å². The Balaban J connectivity index is 2.47. The molecule has 3 heteroatoms. The van der Waals surface area contributed by atoms with E-state index >= 15 is 0 Å². The van der Waals surface area contributed by atoms with Gasteiger partial charge < -0.3 is 10.5 Å². The maximum Gasteiger partial charge on any atom is 0.121 e. The van der Waals surface area contributed by atoms with Gasteiger partial charge >= 0.3 is 0 Å².